The van der Waals surface area contributed by atoms with E-state index >= 15 is 0 Å². The third-order valence-electron chi connectivity index (χ3n) is 3.14. The van der Waals surface area contributed by atoms with Crippen molar-refractivity contribution in [3.63, 3.8) is 0 Å². The molecule has 0 radical (unpaired) electrons. The van der Waals surface area contributed by atoms with Gasteiger partial charge in [0.05, 0.1) is 18.5 Å². The molecule has 5 heteroatoms. The van der Waals surface area contributed by atoms with E-state index in [1.807, 2.05) is 18.2 Å². The van der Waals surface area contributed by atoms with Gasteiger partial charge in [0.15, 0.2) is 0 Å². The van der Waals surface area contributed by atoms with Crippen molar-refractivity contribution in [1.82, 2.24) is 4.98 Å². The first-order valence-electron chi connectivity index (χ1n) is 7.37. The third-order valence-corrected chi connectivity index (χ3v) is 3.14. The zero-order chi connectivity index (χ0) is 15.6. The molecule has 0 bridgehead atoms. The Bertz CT molecular complexity index is 570. The van der Waals surface area contributed by atoms with Gasteiger partial charge in [-0.05, 0) is 30.5 Å². The first kappa shape index (κ1) is 16.0. The van der Waals surface area contributed by atoms with Crippen LogP contribution in [0.25, 0.3) is 0 Å². The molecule has 0 aliphatic rings. The Morgan fingerprint density at radius 1 is 1.14 bits per heavy atom. The molecule has 116 valence electrons. The van der Waals surface area contributed by atoms with Gasteiger partial charge in [0.2, 0.25) is 5.91 Å². The number of nitrogen functional groups attached to an aromatic ring is 1. The lowest BCUT2D eigenvalue weighted by atomic mass is 10.2. The zero-order valence-electron chi connectivity index (χ0n) is 12.5. The quantitative estimate of drug-likeness (QED) is 0.735. The van der Waals surface area contributed by atoms with Crippen LogP contribution in [0.1, 0.15) is 18.4 Å². The highest BCUT2D eigenvalue weighted by atomic mass is 16.5. The molecule has 0 spiro atoms. The van der Waals surface area contributed by atoms with Gasteiger partial charge < -0.3 is 15.8 Å². The number of pyridine rings is 1. The molecule has 0 aliphatic carbocycles. The summed E-state index contributed by atoms with van der Waals surface area (Å²) in [5, 5.41) is 2.77. The lowest BCUT2D eigenvalue weighted by molar-refractivity contribution is -0.116. The highest BCUT2D eigenvalue weighted by Crippen LogP contribution is 2.08. The first-order chi connectivity index (χ1) is 10.7. The van der Waals surface area contributed by atoms with E-state index in [0.717, 1.165) is 6.42 Å². The second-order valence-electron chi connectivity index (χ2n) is 4.97. The van der Waals surface area contributed by atoms with Crippen molar-refractivity contribution in [3.8, 4) is 0 Å². The van der Waals surface area contributed by atoms with Gasteiger partial charge in [0.1, 0.15) is 5.82 Å². The van der Waals surface area contributed by atoms with Crippen molar-refractivity contribution in [2.24, 2.45) is 0 Å². The second-order valence-corrected chi connectivity index (χ2v) is 4.97. The number of nitrogens with two attached hydrogens (primary N) is 1. The standard InChI is InChI=1S/C17H21N3O2/c18-16-9-8-15(13-19-16)20-17(21)7-4-11-22-12-10-14-5-2-1-3-6-14/h1-3,5-6,8-9,13H,4,7,10-12H2,(H2,18,19)(H,20,21). The van der Waals surface area contributed by atoms with Crippen molar-refractivity contribution in [2.75, 3.05) is 24.3 Å². The van der Waals surface area contributed by atoms with Crippen molar-refractivity contribution in [1.29, 1.82) is 0 Å². The minimum atomic E-state index is -0.0433. The molecule has 0 fully saturated rings. The van der Waals surface area contributed by atoms with E-state index in [9.17, 15) is 4.79 Å². The van der Waals surface area contributed by atoms with Crippen LogP contribution in [-0.4, -0.2) is 24.1 Å². The molecule has 0 aliphatic heterocycles. The number of benzene rings is 1. The largest absolute Gasteiger partial charge is 0.384 e. The number of hydrogen-bond acceptors (Lipinski definition) is 4. The third kappa shape index (κ3) is 5.93. The van der Waals surface area contributed by atoms with E-state index in [-0.39, 0.29) is 5.91 Å². The topological polar surface area (TPSA) is 77.2 Å². The highest BCUT2D eigenvalue weighted by Gasteiger charge is 2.02. The summed E-state index contributed by atoms with van der Waals surface area (Å²) in [6.07, 6.45) is 3.56. The fraction of sp³-hybridized carbons (Fsp3) is 0.294. The number of rotatable bonds is 8. The molecule has 5 nitrogen and oxygen atoms in total. The van der Waals surface area contributed by atoms with E-state index in [0.29, 0.717) is 37.6 Å². The molecule has 22 heavy (non-hydrogen) atoms. The van der Waals surface area contributed by atoms with Gasteiger partial charge >= 0.3 is 0 Å². The fourth-order valence-electron chi connectivity index (χ4n) is 1.97. The maximum atomic E-state index is 11.7. The first-order valence-corrected chi connectivity index (χ1v) is 7.37. The Morgan fingerprint density at radius 2 is 1.95 bits per heavy atom. The Kier molecular flexibility index (Phi) is 6.39. The number of nitrogens with zero attached hydrogens (tertiary/aromatic N) is 1. The number of ether oxygens (including phenoxy) is 1. The molecule has 1 aromatic carbocycles. The number of nitrogens with one attached hydrogen (secondary N) is 1. The van der Waals surface area contributed by atoms with Crippen LogP contribution in [0.15, 0.2) is 48.7 Å². The van der Waals surface area contributed by atoms with Crippen molar-refractivity contribution < 1.29 is 9.53 Å². The second kappa shape index (κ2) is 8.79. The summed E-state index contributed by atoms with van der Waals surface area (Å²) in [6, 6.07) is 13.6. The summed E-state index contributed by atoms with van der Waals surface area (Å²) in [7, 11) is 0. The number of anilines is 2. The van der Waals surface area contributed by atoms with Crippen LogP contribution in [0.2, 0.25) is 0 Å². The van der Waals surface area contributed by atoms with Gasteiger partial charge in [0, 0.05) is 13.0 Å². The average molecular weight is 299 g/mol. The average Bonchev–Trinajstić information content (AvgIpc) is 2.54. The number of aromatic nitrogens is 1. The molecular formula is C17H21N3O2. The Hall–Kier alpha value is -2.40. The Morgan fingerprint density at radius 3 is 2.68 bits per heavy atom. The van der Waals surface area contributed by atoms with Crippen LogP contribution in [0, 0.1) is 0 Å². The molecule has 2 rings (SSSR count). The predicted molar refractivity (Wildman–Crippen MR) is 87.5 cm³/mol. The van der Waals surface area contributed by atoms with Crippen molar-refractivity contribution in [2.45, 2.75) is 19.3 Å². The lowest BCUT2D eigenvalue weighted by Crippen LogP contribution is -2.12. The normalized spacial score (nSPS) is 10.4. The zero-order valence-corrected chi connectivity index (χ0v) is 12.5. The van der Waals surface area contributed by atoms with Gasteiger partial charge in [0.25, 0.3) is 0 Å². The SMILES string of the molecule is Nc1ccc(NC(=O)CCCOCCc2ccccc2)cn1. The summed E-state index contributed by atoms with van der Waals surface area (Å²) < 4.78 is 5.55. The molecule has 2 aromatic rings. The molecule has 1 amide bonds. The smallest absolute Gasteiger partial charge is 0.224 e. The molecule has 0 saturated heterocycles. The lowest BCUT2D eigenvalue weighted by Gasteiger charge is -2.06. The monoisotopic (exact) mass is 299 g/mol. The van der Waals surface area contributed by atoms with Crippen molar-refractivity contribution >= 4 is 17.4 Å². The highest BCUT2D eigenvalue weighted by molar-refractivity contribution is 5.90. The molecule has 0 saturated carbocycles. The predicted octanol–water partition coefficient (Wildman–Crippen LogP) is 2.64. The molecular weight excluding hydrogens is 278 g/mol. The van der Waals surface area contributed by atoms with Crippen LogP contribution >= 0.6 is 0 Å². The Labute approximate surface area is 130 Å². The van der Waals surface area contributed by atoms with Gasteiger partial charge in [-0.3, -0.25) is 4.79 Å². The summed E-state index contributed by atoms with van der Waals surface area (Å²) in [4.78, 5) is 15.6. The van der Waals surface area contributed by atoms with Crippen molar-refractivity contribution in [3.05, 3.63) is 54.2 Å². The number of carbonyl (C=O) groups excluding carboxylic acids is 1. The van der Waals surface area contributed by atoms with Crippen LogP contribution in [0.5, 0.6) is 0 Å². The minimum Gasteiger partial charge on any atom is -0.384 e. The van der Waals surface area contributed by atoms with E-state index in [4.69, 9.17) is 10.5 Å². The summed E-state index contributed by atoms with van der Waals surface area (Å²) in [5.74, 6) is 0.392. The number of hydrogen-bond donors (Lipinski definition) is 2. The van der Waals surface area contributed by atoms with E-state index in [1.165, 1.54) is 5.56 Å². The molecule has 0 atom stereocenters. The van der Waals surface area contributed by atoms with Crippen LogP contribution in [0.3, 0.4) is 0 Å². The molecule has 3 N–H and O–H groups in total. The minimum absolute atomic E-state index is 0.0433. The Balaban J connectivity index is 1.54. The van der Waals surface area contributed by atoms with E-state index in [2.05, 4.69) is 22.4 Å². The maximum absolute atomic E-state index is 11.7. The van der Waals surface area contributed by atoms with Crippen LogP contribution in [0.4, 0.5) is 11.5 Å². The van der Waals surface area contributed by atoms with Gasteiger partial charge in [-0.25, -0.2) is 4.98 Å². The molecule has 0 unspecified atom stereocenters. The number of amides is 1. The van der Waals surface area contributed by atoms with E-state index in [1.54, 1.807) is 18.3 Å². The molecule has 1 aromatic heterocycles. The van der Waals surface area contributed by atoms with Gasteiger partial charge in [-0.15, -0.1) is 0 Å². The summed E-state index contributed by atoms with van der Waals surface area (Å²) in [5.41, 5.74) is 7.40. The van der Waals surface area contributed by atoms with Crippen LogP contribution < -0.4 is 11.1 Å². The molecule has 1 heterocycles. The van der Waals surface area contributed by atoms with Crippen LogP contribution in [-0.2, 0) is 16.0 Å². The van der Waals surface area contributed by atoms with Gasteiger partial charge in [-0.1, -0.05) is 30.3 Å². The number of carbonyl (C=O) groups is 1. The summed E-state index contributed by atoms with van der Waals surface area (Å²) >= 11 is 0. The summed E-state index contributed by atoms with van der Waals surface area (Å²) in [6.45, 7) is 1.26. The van der Waals surface area contributed by atoms with E-state index < -0.39 is 0 Å². The fourth-order valence-corrected chi connectivity index (χ4v) is 1.97. The van der Waals surface area contributed by atoms with Gasteiger partial charge in [-0.2, -0.15) is 0 Å². The maximum Gasteiger partial charge on any atom is 0.224 e.